The summed E-state index contributed by atoms with van der Waals surface area (Å²) in [7, 11) is 0. The van der Waals surface area contributed by atoms with Crippen molar-refractivity contribution in [3.63, 3.8) is 0 Å². The number of nitrogens with two attached hydrogens (primary N) is 1. The minimum Gasteiger partial charge on any atom is -0.392 e. The summed E-state index contributed by atoms with van der Waals surface area (Å²) in [5.74, 6) is -0.0631. The third-order valence-corrected chi connectivity index (χ3v) is 2.28. The van der Waals surface area contributed by atoms with Gasteiger partial charge >= 0.3 is 0 Å². The first-order valence-corrected chi connectivity index (χ1v) is 5.65. The molecule has 1 amide bonds. The molecule has 0 aromatic heterocycles. The fourth-order valence-electron chi connectivity index (χ4n) is 1.51. The highest BCUT2D eigenvalue weighted by Gasteiger charge is 2.15. The third-order valence-electron chi connectivity index (χ3n) is 2.28. The highest BCUT2D eigenvalue weighted by molar-refractivity contribution is 5.77. The number of hydrogen-bond donors (Lipinski definition) is 3. The van der Waals surface area contributed by atoms with Crippen LogP contribution in [0.2, 0.25) is 0 Å². The fourth-order valence-corrected chi connectivity index (χ4v) is 1.51. The molecule has 0 unspecified atom stereocenters. The lowest BCUT2D eigenvalue weighted by Gasteiger charge is -2.17. The van der Waals surface area contributed by atoms with E-state index < -0.39 is 5.54 Å². The van der Waals surface area contributed by atoms with Gasteiger partial charge in [0.15, 0.2) is 0 Å². The summed E-state index contributed by atoms with van der Waals surface area (Å²) >= 11 is 0. The summed E-state index contributed by atoms with van der Waals surface area (Å²) in [5, 5.41) is 11.8. The fraction of sp³-hybridized carbons (Fsp3) is 0.462. The van der Waals surface area contributed by atoms with Crippen LogP contribution in [0.1, 0.15) is 31.4 Å². The number of carbonyl (C=O) groups excluding carboxylic acids is 1. The predicted molar refractivity (Wildman–Crippen MR) is 67.1 cm³/mol. The first-order valence-electron chi connectivity index (χ1n) is 5.65. The van der Waals surface area contributed by atoms with Gasteiger partial charge < -0.3 is 16.2 Å². The number of benzene rings is 1. The van der Waals surface area contributed by atoms with E-state index in [4.69, 9.17) is 10.8 Å². The van der Waals surface area contributed by atoms with Crippen LogP contribution in [-0.2, 0) is 17.9 Å². The van der Waals surface area contributed by atoms with Crippen molar-refractivity contribution >= 4 is 5.91 Å². The molecular formula is C13H20N2O2. The van der Waals surface area contributed by atoms with Crippen LogP contribution in [0.5, 0.6) is 0 Å². The second kappa shape index (κ2) is 5.80. The Labute approximate surface area is 102 Å². The number of aliphatic hydroxyl groups is 1. The van der Waals surface area contributed by atoms with Gasteiger partial charge in [-0.25, -0.2) is 0 Å². The molecule has 0 aliphatic carbocycles. The molecule has 0 aliphatic rings. The number of nitrogens with one attached hydrogen (secondary N) is 1. The smallest absolute Gasteiger partial charge is 0.222 e. The van der Waals surface area contributed by atoms with Crippen LogP contribution >= 0.6 is 0 Å². The number of aliphatic hydroxyl groups excluding tert-OH is 1. The van der Waals surface area contributed by atoms with Gasteiger partial charge in [-0.05, 0) is 25.0 Å². The second-order valence-electron chi connectivity index (χ2n) is 4.92. The number of hydrogen-bond acceptors (Lipinski definition) is 3. The molecule has 0 fully saturated rings. The Hall–Kier alpha value is -1.39. The van der Waals surface area contributed by atoms with E-state index in [1.165, 1.54) is 0 Å². The summed E-state index contributed by atoms with van der Waals surface area (Å²) in [4.78, 5) is 11.5. The van der Waals surface area contributed by atoms with Crippen molar-refractivity contribution in [2.24, 2.45) is 5.73 Å². The van der Waals surface area contributed by atoms with E-state index in [0.717, 1.165) is 11.1 Å². The molecule has 0 saturated carbocycles. The van der Waals surface area contributed by atoms with Crippen LogP contribution < -0.4 is 11.1 Å². The Bertz CT molecular complexity index is 383. The minimum atomic E-state index is -0.489. The topological polar surface area (TPSA) is 75.4 Å². The maximum absolute atomic E-state index is 11.5. The molecule has 17 heavy (non-hydrogen) atoms. The summed E-state index contributed by atoms with van der Waals surface area (Å²) in [6.07, 6.45) is 0.298. The second-order valence-corrected chi connectivity index (χ2v) is 4.92. The molecule has 0 aliphatic heterocycles. The molecule has 0 saturated heterocycles. The summed E-state index contributed by atoms with van der Waals surface area (Å²) in [5.41, 5.74) is 7.08. The lowest BCUT2D eigenvalue weighted by Crippen LogP contribution is -2.38. The van der Waals surface area contributed by atoms with E-state index in [1.54, 1.807) is 0 Å². The van der Waals surface area contributed by atoms with Gasteiger partial charge in [0.25, 0.3) is 0 Å². The Morgan fingerprint density at radius 1 is 1.41 bits per heavy atom. The summed E-state index contributed by atoms with van der Waals surface area (Å²) in [6.45, 7) is 4.11. The van der Waals surface area contributed by atoms with E-state index in [2.05, 4.69) is 5.32 Å². The molecule has 1 rings (SSSR count). The average Bonchev–Trinajstić information content (AvgIpc) is 2.24. The summed E-state index contributed by atoms with van der Waals surface area (Å²) in [6, 6.07) is 7.48. The average molecular weight is 236 g/mol. The maximum Gasteiger partial charge on any atom is 0.222 e. The highest BCUT2D eigenvalue weighted by Crippen LogP contribution is 2.06. The number of carbonyl (C=O) groups is 1. The largest absolute Gasteiger partial charge is 0.392 e. The SMILES string of the molecule is CC(C)(N)CC(=O)NCc1cccc(CO)c1. The van der Waals surface area contributed by atoms with Crippen LogP contribution in [0.15, 0.2) is 24.3 Å². The molecule has 1 aromatic rings. The lowest BCUT2D eigenvalue weighted by atomic mass is 10.0. The van der Waals surface area contributed by atoms with E-state index >= 15 is 0 Å². The van der Waals surface area contributed by atoms with Crippen molar-refractivity contribution in [2.75, 3.05) is 0 Å². The van der Waals surface area contributed by atoms with E-state index in [0.29, 0.717) is 13.0 Å². The van der Waals surface area contributed by atoms with Crippen molar-refractivity contribution in [3.8, 4) is 0 Å². The van der Waals surface area contributed by atoms with Crippen LogP contribution in [0.3, 0.4) is 0 Å². The zero-order chi connectivity index (χ0) is 12.9. The first kappa shape index (κ1) is 13.7. The molecule has 0 radical (unpaired) electrons. The molecule has 0 heterocycles. The number of amides is 1. The first-order chi connectivity index (χ1) is 7.90. The molecule has 0 bridgehead atoms. The molecule has 4 heteroatoms. The van der Waals surface area contributed by atoms with Gasteiger partial charge in [-0.1, -0.05) is 24.3 Å². The lowest BCUT2D eigenvalue weighted by molar-refractivity contribution is -0.122. The maximum atomic E-state index is 11.5. The number of rotatable bonds is 5. The van der Waals surface area contributed by atoms with Gasteiger partial charge in [0, 0.05) is 18.5 Å². The van der Waals surface area contributed by atoms with Crippen molar-refractivity contribution in [1.29, 1.82) is 0 Å². The van der Waals surface area contributed by atoms with Crippen LogP contribution in [0.25, 0.3) is 0 Å². The Morgan fingerprint density at radius 3 is 2.65 bits per heavy atom. The molecule has 94 valence electrons. The minimum absolute atomic E-state index is 0.0115. The quantitative estimate of drug-likeness (QED) is 0.711. The Kier molecular flexibility index (Phi) is 4.66. The van der Waals surface area contributed by atoms with Gasteiger partial charge in [0.2, 0.25) is 5.91 Å². The van der Waals surface area contributed by atoms with Crippen LogP contribution in [0, 0.1) is 0 Å². The van der Waals surface area contributed by atoms with Crippen LogP contribution in [-0.4, -0.2) is 16.6 Å². The van der Waals surface area contributed by atoms with Gasteiger partial charge in [-0.3, -0.25) is 4.79 Å². The van der Waals surface area contributed by atoms with Gasteiger partial charge in [-0.2, -0.15) is 0 Å². The van der Waals surface area contributed by atoms with E-state index in [1.807, 2.05) is 38.1 Å². The molecule has 0 spiro atoms. The van der Waals surface area contributed by atoms with Crippen molar-refractivity contribution in [1.82, 2.24) is 5.32 Å². The highest BCUT2D eigenvalue weighted by atomic mass is 16.3. The molecule has 4 nitrogen and oxygen atoms in total. The molecule has 1 aromatic carbocycles. The normalized spacial score (nSPS) is 11.3. The monoisotopic (exact) mass is 236 g/mol. The van der Waals surface area contributed by atoms with Crippen LogP contribution in [0.4, 0.5) is 0 Å². The molecule has 4 N–H and O–H groups in total. The predicted octanol–water partition coefficient (Wildman–Crippen LogP) is 0.922. The van der Waals surface area contributed by atoms with Gasteiger partial charge in [-0.15, -0.1) is 0 Å². The summed E-state index contributed by atoms with van der Waals surface area (Å²) < 4.78 is 0. The van der Waals surface area contributed by atoms with E-state index in [-0.39, 0.29) is 12.5 Å². The third kappa shape index (κ3) is 5.47. The van der Waals surface area contributed by atoms with Crippen molar-refractivity contribution < 1.29 is 9.90 Å². The van der Waals surface area contributed by atoms with Crippen molar-refractivity contribution in [3.05, 3.63) is 35.4 Å². The zero-order valence-electron chi connectivity index (χ0n) is 10.4. The standard InChI is InChI=1S/C13H20N2O2/c1-13(2,14)7-12(17)15-8-10-4-3-5-11(6-10)9-16/h3-6,16H,7-9,14H2,1-2H3,(H,15,17). The molecule has 0 atom stereocenters. The van der Waals surface area contributed by atoms with Crippen molar-refractivity contribution in [2.45, 2.75) is 39.0 Å². The Morgan fingerprint density at radius 2 is 2.06 bits per heavy atom. The zero-order valence-corrected chi connectivity index (χ0v) is 10.4. The Balaban J connectivity index is 2.47. The van der Waals surface area contributed by atoms with E-state index in [9.17, 15) is 4.79 Å². The van der Waals surface area contributed by atoms with Gasteiger partial charge in [0.1, 0.15) is 0 Å². The molecular weight excluding hydrogens is 216 g/mol. The van der Waals surface area contributed by atoms with Gasteiger partial charge in [0.05, 0.1) is 6.61 Å².